The Labute approximate surface area is 128 Å². The van der Waals surface area contributed by atoms with Crippen molar-refractivity contribution < 1.29 is 14.7 Å². The third-order valence-corrected chi connectivity index (χ3v) is 4.69. The summed E-state index contributed by atoms with van der Waals surface area (Å²) in [4.78, 5) is 27.2. The van der Waals surface area contributed by atoms with Gasteiger partial charge in [0, 0.05) is 25.0 Å². The molecule has 0 aromatic carbocycles. The Morgan fingerprint density at radius 2 is 1.90 bits per heavy atom. The van der Waals surface area contributed by atoms with Crippen LogP contribution in [0.5, 0.6) is 0 Å². The van der Waals surface area contributed by atoms with Gasteiger partial charge < -0.3 is 10.0 Å². The molecule has 1 saturated heterocycles. The van der Waals surface area contributed by atoms with Crippen molar-refractivity contribution in [3.8, 4) is 0 Å². The van der Waals surface area contributed by atoms with E-state index in [1.165, 1.54) is 0 Å². The number of likely N-dealkylation sites (tertiary alicyclic amines) is 1. The van der Waals surface area contributed by atoms with Crippen LogP contribution in [0.2, 0.25) is 0 Å². The Morgan fingerprint density at radius 1 is 1.29 bits per heavy atom. The van der Waals surface area contributed by atoms with E-state index >= 15 is 0 Å². The predicted octanol–water partition coefficient (Wildman–Crippen LogP) is 2.07. The Kier molecular flexibility index (Phi) is 6.20. The summed E-state index contributed by atoms with van der Waals surface area (Å²) in [6.07, 6.45) is 2.75. The van der Waals surface area contributed by atoms with Crippen molar-refractivity contribution in [3.63, 3.8) is 0 Å². The lowest BCUT2D eigenvalue weighted by atomic mass is 9.81. The maximum Gasteiger partial charge on any atom is 0.317 e. The number of amides is 1. The maximum atomic E-state index is 12.6. The fourth-order valence-electron chi connectivity index (χ4n) is 2.73. The fraction of sp³-hybridized carbons (Fsp3) is 0.875. The van der Waals surface area contributed by atoms with Gasteiger partial charge in [0.2, 0.25) is 5.91 Å². The third kappa shape index (κ3) is 5.30. The molecule has 1 N–H and O–H groups in total. The molecular formula is C16H30N2O3. The van der Waals surface area contributed by atoms with Crippen molar-refractivity contribution in [2.24, 2.45) is 11.3 Å². The van der Waals surface area contributed by atoms with Crippen LogP contribution in [0.15, 0.2) is 0 Å². The van der Waals surface area contributed by atoms with Gasteiger partial charge in [0.15, 0.2) is 0 Å². The molecule has 0 saturated carbocycles. The van der Waals surface area contributed by atoms with Gasteiger partial charge in [-0.15, -0.1) is 0 Å². The van der Waals surface area contributed by atoms with Crippen LogP contribution in [0.3, 0.4) is 0 Å². The highest BCUT2D eigenvalue weighted by Crippen LogP contribution is 2.28. The number of rotatable bonds is 4. The van der Waals surface area contributed by atoms with E-state index in [0.29, 0.717) is 0 Å². The van der Waals surface area contributed by atoms with Crippen molar-refractivity contribution in [1.29, 1.82) is 0 Å². The van der Waals surface area contributed by atoms with Crippen molar-refractivity contribution in [2.45, 2.75) is 53.0 Å². The lowest BCUT2D eigenvalue weighted by Gasteiger charge is -2.32. The number of carbonyl (C=O) groups excluding carboxylic acids is 1. The zero-order valence-electron chi connectivity index (χ0n) is 14.1. The molecule has 21 heavy (non-hydrogen) atoms. The van der Waals surface area contributed by atoms with Crippen LogP contribution in [0.1, 0.15) is 47.0 Å². The van der Waals surface area contributed by atoms with Gasteiger partial charge in [0.25, 0.3) is 0 Å². The summed E-state index contributed by atoms with van der Waals surface area (Å²) in [5.41, 5.74) is -0.0249. The molecule has 0 spiro atoms. The molecule has 5 heteroatoms. The standard InChI is InChI=1S/C16H30N2O3/c1-12(16(2,3)4)15(21)18-9-6-7-13(8-10-18)17(5)11-14(19)20/h12-13H,6-11H2,1-5H3,(H,19,20). The lowest BCUT2D eigenvalue weighted by molar-refractivity contribution is -0.139. The molecule has 0 aromatic heterocycles. The summed E-state index contributed by atoms with van der Waals surface area (Å²) in [7, 11) is 1.86. The summed E-state index contributed by atoms with van der Waals surface area (Å²) in [6, 6.07) is 0.254. The molecule has 1 heterocycles. The van der Waals surface area contributed by atoms with Gasteiger partial charge in [-0.3, -0.25) is 14.5 Å². The molecule has 0 radical (unpaired) electrons. The fourth-order valence-corrected chi connectivity index (χ4v) is 2.73. The topological polar surface area (TPSA) is 60.9 Å². The van der Waals surface area contributed by atoms with E-state index in [-0.39, 0.29) is 29.8 Å². The molecule has 2 atom stereocenters. The minimum atomic E-state index is -0.795. The second-order valence-corrected chi connectivity index (χ2v) is 7.31. The minimum Gasteiger partial charge on any atom is -0.480 e. The van der Waals surface area contributed by atoms with Crippen LogP contribution in [0.25, 0.3) is 0 Å². The number of carbonyl (C=O) groups is 2. The second-order valence-electron chi connectivity index (χ2n) is 7.31. The number of carboxylic acids is 1. The van der Waals surface area contributed by atoms with Gasteiger partial charge in [-0.1, -0.05) is 27.7 Å². The van der Waals surface area contributed by atoms with E-state index in [2.05, 4.69) is 20.8 Å². The predicted molar refractivity (Wildman–Crippen MR) is 83.1 cm³/mol. The Bertz CT molecular complexity index is 376. The van der Waals surface area contributed by atoms with E-state index < -0.39 is 5.97 Å². The van der Waals surface area contributed by atoms with Crippen LogP contribution >= 0.6 is 0 Å². The van der Waals surface area contributed by atoms with Crippen LogP contribution in [0, 0.1) is 11.3 Å². The van der Waals surface area contributed by atoms with Crippen LogP contribution in [-0.2, 0) is 9.59 Å². The first kappa shape index (κ1) is 18.0. The molecule has 122 valence electrons. The van der Waals surface area contributed by atoms with E-state index in [4.69, 9.17) is 5.11 Å². The first-order valence-corrected chi connectivity index (χ1v) is 7.83. The average Bonchev–Trinajstić information content (AvgIpc) is 2.60. The molecule has 0 aromatic rings. The van der Waals surface area contributed by atoms with Crippen molar-refractivity contribution >= 4 is 11.9 Å². The monoisotopic (exact) mass is 298 g/mol. The van der Waals surface area contributed by atoms with Gasteiger partial charge in [-0.2, -0.15) is 0 Å². The SMILES string of the molecule is CC(C(=O)N1CCCC(N(C)CC(=O)O)CC1)C(C)(C)C. The van der Waals surface area contributed by atoms with Gasteiger partial charge in [0.05, 0.1) is 6.54 Å². The summed E-state index contributed by atoms with van der Waals surface area (Å²) >= 11 is 0. The first-order chi connectivity index (χ1) is 9.62. The second kappa shape index (κ2) is 7.25. The van der Waals surface area contributed by atoms with E-state index in [1.54, 1.807) is 0 Å². The molecule has 1 aliphatic heterocycles. The highest BCUT2D eigenvalue weighted by atomic mass is 16.4. The average molecular weight is 298 g/mol. The van der Waals surface area contributed by atoms with Crippen LogP contribution < -0.4 is 0 Å². The highest BCUT2D eigenvalue weighted by Gasteiger charge is 2.32. The summed E-state index contributed by atoms with van der Waals surface area (Å²) in [6.45, 7) is 9.87. The normalized spacial score (nSPS) is 22.0. The van der Waals surface area contributed by atoms with Crippen molar-refractivity contribution in [1.82, 2.24) is 9.80 Å². The summed E-state index contributed by atoms with van der Waals surface area (Å²) in [5, 5.41) is 8.88. The zero-order valence-corrected chi connectivity index (χ0v) is 14.1. The number of hydrogen-bond acceptors (Lipinski definition) is 3. The quantitative estimate of drug-likeness (QED) is 0.863. The smallest absolute Gasteiger partial charge is 0.317 e. The molecule has 1 rings (SSSR count). The van der Waals surface area contributed by atoms with Gasteiger partial charge in [-0.05, 0) is 31.7 Å². The Balaban J connectivity index is 2.60. The lowest BCUT2D eigenvalue weighted by Crippen LogP contribution is -2.41. The molecular weight excluding hydrogens is 268 g/mol. The molecule has 1 aliphatic rings. The highest BCUT2D eigenvalue weighted by molar-refractivity contribution is 5.79. The Morgan fingerprint density at radius 3 is 2.43 bits per heavy atom. The van der Waals surface area contributed by atoms with E-state index in [1.807, 2.05) is 23.8 Å². The molecule has 0 bridgehead atoms. The summed E-state index contributed by atoms with van der Waals surface area (Å²) < 4.78 is 0. The largest absolute Gasteiger partial charge is 0.480 e. The van der Waals surface area contributed by atoms with E-state index in [9.17, 15) is 9.59 Å². The van der Waals surface area contributed by atoms with Gasteiger partial charge >= 0.3 is 5.97 Å². The van der Waals surface area contributed by atoms with Gasteiger partial charge in [0.1, 0.15) is 0 Å². The van der Waals surface area contributed by atoms with Crippen LogP contribution in [-0.4, -0.2) is 59.5 Å². The zero-order chi connectivity index (χ0) is 16.2. The number of hydrogen-bond donors (Lipinski definition) is 1. The minimum absolute atomic E-state index is 0.00537. The molecule has 1 fully saturated rings. The van der Waals surface area contributed by atoms with Gasteiger partial charge in [-0.25, -0.2) is 0 Å². The van der Waals surface area contributed by atoms with E-state index in [0.717, 1.165) is 32.4 Å². The number of likely N-dealkylation sites (N-methyl/N-ethyl adjacent to an activating group) is 1. The maximum absolute atomic E-state index is 12.6. The Hall–Kier alpha value is -1.10. The van der Waals surface area contributed by atoms with Crippen molar-refractivity contribution in [2.75, 3.05) is 26.7 Å². The first-order valence-electron chi connectivity index (χ1n) is 7.83. The molecule has 5 nitrogen and oxygen atoms in total. The molecule has 1 amide bonds. The van der Waals surface area contributed by atoms with Crippen LogP contribution in [0.4, 0.5) is 0 Å². The number of carboxylic acid groups (broad SMARTS) is 1. The molecule has 0 aliphatic carbocycles. The molecule has 2 unspecified atom stereocenters. The number of aliphatic carboxylic acids is 1. The van der Waals surface area contributed by atoms with Crippen molar-refractivity contribution in [3.05, 3.63) is 0 Å². The summed E-state index contributed by atoms with van der Waals surface area (Å²) in [5.74, 6) is -0.564. The number of nitrogens with zero attached hydrogens (tertiary/aromatic N) is 2. The third-order valence-electron chi connectivity index (χ3n) is 4.69.